The number of nitrogens with two attached hydrogens (primary N) is 1. The number of pyridine rings is 1. The molecular formula is C10H12ClN5O2S. The lowest BCUT2D eigenvalue weighted by Gasteiger charge is -2.06. The van der Waals surface area contributed by atoms with Gasteiger partial charge in [0.05, 0.1) is 11.2 Å². The molecule has 0 saturated heterocycles. The third-order valence-corrected chi connectivity index (χ3v) is 4.05. The van der Waals surface area contributed by atoms with Crippen molar-refractivity contribution in [2.24, 2.45) is 7.05 Å². The first-order valence-electron chi connectivity index (χ1n) is 5.27. The monoisotopic (exact) mass is 301 g/mol. The lowest BCUT2D eigenvalue weighted by Crippen LogP contribution is -2.23. The SMILES string of the molecule is Cn1cc(CNS(=O)(=O)c2cnc(N)c(Cl)c2)cn1. The molecule has 0 amide bonds. The van der Waals surface area contributed by atoms with Crippen LogP contribution in [-0.4, -0.2) is 23.2 Å². The van der Waals surface area contributed by atoms with E-state index in [1.807, 2.05) is 0 Å². The fraction of sp³-hybridized carbons (Fsp3) is 0.200. The Balaban J connectivity index is 2.16. The average molecular weight is 302 g/mol. The second-order valence-corrected chi connectivity index (χ2v) is 6.06. The largest absolute Gasteiger partial charge is 0.382 e. The summed E-state index contributed by atoms with van der Waals surface area (Å²) in [5.74, 6) is 0.0906. The molecule has 3 N–H and O–H groups in total. The van der Waals surface area contributed by atoms with Crippen LogP contribution in [0.25, 0.3) is 0 Å². The highest BCUT2D eigenvalue weighted by molar-refractivity contribution is 7.89. The minimum atomic E-state index is -3.68. The van der Waals surface area contributed by atoms with E-state index in [-0.39, 0.29) is 22.3 Å². The van der Waals surface area contributed by atoms with Crippen LogP contribution in [0, 0.1) is 0 Å². The third kappa shape index (κ3) is 3.22. The van der Waals surface area contributed by atoms with Crippen molar-refractivity contribution in [1.29, 1.82) is 0 Å². The summed E-state index contributed by atoms with van der Waals surface area (Å²) in [4.78, 5) is 3.68. The number of nitrogens with zero attached hydrogens (tertiary/aromatic N) is 3. The van der Waals surface area contributed by atoms with Gasteiger partial charge in [-0.15, -0.1) is 0 Å². The van der Waals surface area contributed by atoms with Gasteiger partial charge in [0, 0.05) is 31.5 Å². The van der Waals surface area contributed by atoms with E-state index in [1.165, 1.54) is 6.07 Å². The van der Waals surface area contributed by atoms with E-state index in [4.69, 9.17) is 17.3 Å². The van der Waals surface area contributed by atoms with Gasteiger partial charge in [-0.2, -0.15) is 5.10 Å². The Kier molecular flexibility index (Phi) is 3.74. The molecule has 2 rings (SSSR count). The lowest BCUT2D eigenvalue weighted by atomic mass is 10.4. The second kappa shape index (κ2) is 5.16. The smallest absolute Gasteiger partial charge is 0.242 e. The molecule has 19 heavy (non-hydrogen) atoms. The normalized spacial score (nSPS) is 11.7. The van der Waals surface area contributed by atoms with E-state index in [1.54, 1.807) is 24.1 Å². The van der Waals surface area contributed by atoms with Gasteiger partial charge in [-0.05, 0) is 6.07 Å². The number of hydrogen-bond acceptors (Lipinski definition) is 5. The first-order valence-corrected chi connectivity index (χ1v) is 7.13. The zero-order valence-corrected chi connectivity index (χ0v) is 11.6. The van der Waals surface area contributed by atoms with Gasteiger partial charge in [0.1, 0.15) is 10.7 Å². The summed E-state index contributed by atoms with van der Waals surface area (Å²) in [5, 5.41) is 4.05. The number of nitrogen functional groups attached to an aromatic ring is 1. The molecule has 0 atom stereocenters. The molecule has 0 aliphatic rings. The summed E-state index contributed by atoms with van der Waals surface area (Å²) < 4.78 is 28.0. The maximum atomic E-state index is 12.0. The molecule has 0 aliphatic carbocycles. The molecule has 0 radical (unpaired) electrons. The maximum absolute atomic E-state index is 12.0. The standard InChI is InChI=1S/C10H12ClN5O2S/c1-16-6-7(3-14-16)4-15-19(17,18)8-2-9(11)10(12)13-5-8/h2-3,5-6,15H,4H2,1H3,(H2,12,13). The van der Waals surface area contributed by atoms with Crippen molar-refractivity contribution in [2.75, 3.05) is 5.73 Å². The van der Waals surface area contributed by atoms with E-state index in [0.29, 0.717) is 0 Å². The Labute approximate surface area is 115 Å². The maximum Gasteiger partial charge on any atom is 0.242 e. The summed E-state index contributed by atoms with van der Waals surface area (Å²) >= 11 is 5.75. The Morgan fingerprint density at radius 3 is 2.79 bits per heavy atom. The van der Waals surface area contributed by atoms with Gasteiger partial charge in [-0.1, -0.05) is 11.6 Å². The number of nitrogens with one attached hydrogen (secondary N) is 1. The summed E-state index contributed by atoms with van der Waals surface area (Å²) in [6.45, 7) is 0.137. The van der Waals surface area contributed by atoms with Crippen molar-refractivity contribution in [3.05, 3.63) is 35.2 Å². The molecule has 102 valence electrons. The molecule has 2 heterocycles. The minimum Gasteiger partial charge on any atom is -0.382 e. The van der Waals surface area contributed by atoms with Gasteiger partial charge < -0.3 is 5.73 Å². The minimum absolute atomic E-state index is 0.0319. The van der Waals surface area contributed by atoms with Crippen LogP contribution >= 0.6 is 11.6 Å². The van der Waals surface area contributed by atoms with Crippen LogP contribution in [0.4, 0.5) is 5.82 Å². The fourth-order valence-electron chi connectivity index (χ4n) is 1.40. The second-order valence-electron chi connectivity index (χ2n) is 3.88. The highest BCUT2D eigenvalue weighted by Gasteiger charge is 2.16. The predicted molar refractivity (Wildman–Crippen MR) is 70.9 cm³/mol. The first-order chi connectivity index (χ1) is 8.88. The van der Waals surface area contributed by atoms with Crippen LogP contribution in [0.5, 0.6) is 0 Å². The summed E-state index contributed by atoms with van der Waals surface area (Å²) in [6.07, 6.45) is 4.46. The van der Waals surface area contributed by atoms with Gasteiger partial charge in [0.25, 0.3) is 0 Å². The molecule has 0 bridgehead atoms. The number of hydrogen-bond donors (Lipinski definition) is 2. The number of sulfonamides is 1. The molecular weight excluding hydrogens is 290 g/mol. The van der Waals surface area contributed by atoms with E-state index in [9.17, 15) is 8.42 Å². The van der Waals surface area contributed by atoms with E-state index in [2.05, 4.69) is 14.8 Å². The lowest BCUT2D eigenvalue weighted by molar-refractivity contribution is 0.581. The van der Waals surface area contributed by atoms with Gasteiger partial charge in [0.2, 0.25) is 10.0 Å². The predicted octanol–water partition coefficient (Wildman–Crippen LogP) is 0.529. The highest BCUT2D eigenvalue weighted by Crippen LogP contribution is 2.19. The number of aromatic nitrogens is 3. The van der Waals surface area contributed by atoms with E-state index >= 15 is 0 Å². The molecule has 2 aromatic rings. The molecule has 0 unspecified atom stereocenters. The highest BCUT2D eigenvalue weighted by atomic mass is 35.5. The van der Waals surface area contributed by atoms with Gasteiger partial charge >= 0.3 is 0 Å². The van der Waals surface area contributed by atoms with Crippen molar-refractivity contribution in [3.8, 4) is 0 Å². The summed E-state index contributed by atoms with van der Waals surface area (Å²) in [6, 6.07) is 1.26. The molecule has 0 aromatic carbocycles. The number of aryl methyl sites for hydroxylation is 1. The van der Waals surface area contributed by atoms with Crippen LogP contribution < -0.4 is 10.5 Å². The van der Waals surface area contributed by atoms with Crippen LogP contribution in [0.2, 0.25) is 5.02 Å². The molecule has 2 aromatic heterocycles. The van der Waals surface area contributed by atoms with Crippen molar-refractivity contribution in [2.45, 2.75) is 11.4 Å². The molecule has 7 nitrogen and oxygen atoms in total. The number of halogens is 1. The number of rotatable bonds is 4. The van der Waals surface area contributed by atoms with Crippen LogP contribution in [0.15, 0.2) is 29.6 Å². The topological polar surface area (TPSA) is 103 Å². The Bertz CT molecular complexity index is 698. The van der Waals surface area contributed by atoms with Crippen molar-refractivity contribution in [1.82, 2.24) is 19.5 Å². The average Bonchev–Trinajstić information content (AvgIpc) is 2.76. The fourth-order valence-corrected chi connectivity index (χ4v) is 2.62. The molecule has 9 heteroatoms. The Morgan fingerprint density at radius 1 is 1.47 bits per heavy atom. The molecule has 0 spiro atoms. The Hall–Kier alpha value is -1.64. The van der Waals surface area contributed by atoms with E-state index in [0.717, 1.165) is 11.8 Å². The van der Waals surface area contributed by atoms with Crippen LogP contribution in [-0.2, 0) is 23.6 Å². The van der Waals surface area contributed by atoms with Gasteiger partial charge in [0.15, 0.2) is 0 Å². The summed E-state index contributed by atoms with van der Waals surface area (Å²) in [7, 11) is -1.93. The van der Waals surface area contributed by atoms with Crippen molar-refractivity contribution < 1.29 is 8.42 Å². The van der Waals surface area contributed by atoms with Crippen LogP contribution in [0.1, 0.15) is 5.56 Å². The van der Waals surface area contributed by atoms with Crippen LogP contribution in [0.3, 0.4) is 0 Å². The number of anilines is 1. The van der Waals surface area contributed by atoms with Crippen molar-refractivity contribution in [3.63, 3.8) is 0 Å². The zero-order chi connectivity index (χ0) is 14.0. The first kappa shape index (κ1) is 13.8. The van der Waals surface area contributed by atoms with Gasteiger partial charge in [-0.25, -0.2) is 18.1 Å². The summed E-state index contributed by atoms with van der Waals surface area (Å²) in [5.41, 5.74) is 6.18. The molecule has 0 fully saturated rings. The molecule has 0 saturated carbocycles. The third-order valence-electron chi connectivity index (χ3n) is 2.38. The quantitative estimate of drug-likeness (QED) is 0.857. The van der Waals surface area contributed by atoms with Gasteiger partial charge in [-0.3, -0.25) is 4.68 Å². The zero-order valence-electron chi connectivity index (χ0n) is 10.0. The molecule has 0 aliphatic heterocycles. The Morgan fingerprint density at radius 2 is 2.21 bits per heavy atom. The van der Waals surface area contributed by atoms with Crippen molar-refractivity contribution >= 4 is 27.4 Å². The van der Waals surface area contributed by atoms with E-state index < -0.39 is 10.0 Å².